The normalized spacial score (nSPS) is 30.5. The summed E-state index contributed by atoms with van der Waals surface area (Å²) in [6.07, 6.45) is -4.58. The van der Waals surface area contributed by atoms with Crippen LogP contribution in [0.3, 0.4) is 0 Å². The number of hydrogen-bond acceptors (Lipinski definition) is 11. The number of nitrogens with zero attached hydrogens (tertiary/aromatic N) is 1. The molecular formula is C24H33NO11. The van der Waals surface area contributed by atoms with Crippen LogP contribution in [-0.4, -0.2) is 91.0 Å². The molecule has 3 heterocycles. The number of carbonyl (C=O) groups is 5. The average Bonchev–Trinajstić information content (AvgIpc) is 3.07. The van der Waals surface area contributed by atoms with Crippen LogP contribution >= 0.6 is 0 Å². The topological polar surface area (TPSA) is 144 Å². The Morgan fingerprint density at radius 2 is 1.61 bits per heavy atom. The molecule has 0 aliphatic carbocycles. The molecule has 0 radical (unpaired) electrons. The molecule has 0 aromatic heterocycles. The summed E-state index contributed by atoms with van der Waals surface area (Å²) in [5.74, 6) is -1.92. The third-order valence-corrected chi connectivity index (χ3v) is 6.20. The molecule has 1 amide bonds. The summed E-state index contributed by atoms with van der Waals surface area (Å²) in [5, 5.41) is 0. The summed E-state index contributed by atoms with van der Waals surface area (Å²) in [6, 6.07) is 0. The van der Waals surface area contributed by atoms with E-state index in [2.05, 4.69) is 0 Å². The molecule has 3 aliphatic heterocycles. The predicted molar refractivity (Wildman–Crippen MR) is 120 cm³/mol. The molecule has 36 heavy (non-hydrogen) atoms. The molecule has 0 spiro atoms. The number of ether oxygens (including phenoxy) is 6. The smallest absolute Gasteiger partial charge is 0.303 e. The van der Waals surface area contributed by atoms with Gasteiger partial charge in [-0.05, 0) is 25.3 Å². The van der Waals surface area contributed by atoms with Crippen molar-refractivity contribution in [2.24, 2.45) is 0 Å². The second-order valence-corrected chi connectivity index (χ2v) is 9.05. The Labute approximate surface area is 209 Å². The summed E-state index contributed by atoms with van der Waals surface area (Å²) in [7, 11) is 0. The van der Waals surface area contributed by atoms with Crippen LogP contribution in [0.4, 0.5) is 0 Å². The first-order valence-electron chi connectivity index (χ1n) is 11.9. The van der Waals surface area contributed by atoms with Gasteiger partial charge in [0.1, 0.15) is 24.9 Å². The molecule has 200 valence electrons. The Kier molecular flexibility index (Phi) is 9.07. The molecule has 0 bridgehead atoms. The monoisotopic (exact) mass is 511 g/mol. The number of rotatable bonds is 6. The Morgan fingerprint density at radius 3 is 2.17 bits per heavy atom. The van der Waals surface area contributed by atoms with Gasteiger partial charge in [0.2, 0.25) is 11.7 Å². The standard InChI is InChI=1S/C24H33NO11/c1-12-22(21(30)23(32-12)17-6-8-25(9-7-17)13(2)26)36-20-10-18(33-15(4)28)24(34-16(5)29)19(35-20)11-31-14(3)27/h12,18-20,22,24H,6-11H2,1-5H3/t12?,18-,19-,20+,22?,24+/m1/s1. The minimum Gasteiger partial charge on any atom is -0.484 e. The van der Waals surface area contributed by atoms with Gasteiger partial charge in [-0.3, -0.25) is 24.0 Å². The molecule has 3 saturated heterocycles. The zero-order valence-electron chi connectivity index (χ0n) is 21.1. The van der Waals surface area contributed by atoms with Crippen LogP contribution in [-0.2, 0) is 52.4 Å². The maximum absolute atomic E-state index is 13.2. The third-order valence-electron chi connectivity index (χ3n) is 6.20. The molecule has 2 unspecified atom stereocenters. The molecular weight excluding hydrogens is 478 g/mol. The van der Waals surface area contributed by atoms with Crippen LogP contribution < -0.4 is 0 Å². The van der Waals surface area contributed by atoms with Gasteiger partial charge in [0.15, 0.2) is 24.3 Å². The fourth-order valence-corrected chi connectivity index (χ4v) is 4.54. The number of esters is 3. The molecule has 3 rings (SSSR count). The highest BCUT2D eigenvalue weighted by Gasteiger charge is 2.48. The molecule has 12 heteroatoms. The van der Waals surface area contributed by atoms with Gasteiger partial charge in [-0.2, -0.15) is 0 Å². The summed E-state index contributed by atoms with van der Waals surface area (Å²) in [6.45, 7) is 7.57. The Hall–Kier alpha value is -2.99. The molecule has 3 aliphatic rings. The van der Waals surface area contributed by atoms with Gasteiger partial charge < -0.3 is 33.3 Å². The fraction of sp³-hybridized carbons (Fsp3) is 0.708. The molecule has 12 nitrogen and oxygen atoms in total. The minimum atomic E-state index is -1.04. The van der Waals surface area contributed by atoms with E-state index in [0.29, 0.717) is 25.9 Å². The van der Waals surface area contributed by atoms with Crippen molar-refractivity contribution in [3.8, 4) is 0 Å². The lowest BCUT2D eigenvalue weighted by atomic mass is 9.99. The second kappa shape index (κ2) is 11.8. The Morgan fingerprint density at radius 1 is 0.972 bits per heavy atom. The van der Waals surface area contributed by atoms with E-state index in [4.69, 9.17) is 28.4 Å². The van der Waals surface area contributed by atoms with Crippen LogP contribution in [0.5, 0.6) is 0 Å². The summed E-state index contributed by atoms with van der Waals surface area (Å²) >= 11 is 0. The lowest BCUT2D eigenvalue weighted by Gasteiger charge is -2.40. The number of amides is 1. The van der Waals surface area contributed by atoms with Gasteiger partial charge in [-0.1, -0.05) is 0 Å². The van der Waals surface area contributed by atoms with Crippen molar-refractivity contribution >= 4 is 29.6 Å². The summed E-state index contributed by atoms with van der Waals surface area (Å²) in [5.41, 5.74) is 0.834. The van der Waals surface area contributed by atoms with Crippen LogP contribution in [0.25, 0.3) is 0 Å². The lowest BCUT2D eigenvalue weighted by molar-refractivity contribution is -0.276. The zero-order chi connectivity index (χ0) is 26.6. The van der Waals surface area contributed by atoms with Gasteiger partial charge in [0.25, 0.3) is 0 Å². The highest BCUT2D eigenvalue weighted by atomic mass is 16.7. The van der Waals surface area contributed by atoms with Gasteiger partial charge in [0, 0.05) is 47.2 Å². The average molecular weight is 512 g/mol. The van der Waals surface area contributed by atoms with E-state index in [-0.39, 0.29) is 30.5 Å². The van der Waals surface area contributed by atoms with Gasteiger partial charge in [0.05, 0.1) is 0 Å². The van der Waals surface area contributed by atoms with Crippen molar-refractivity contribution in [3.63, 3.8) is 0 Å². The SMILES string of the molecule is CC(=O)OC[C@H]1O[C@@H](OC2C(=O)C(=C3CCN(C(C)=O)CC3)OC2C)C[C@@H](OC(C)=O)[C@@H]1OC(C)=O. The number of Topliss-reactive ketones (excluding diaryl/α,β-unsaturated/α-hetero) is 1. The number of ketones is 1. The molecule has 0 aromatic carbocycles. The first kappa shape index (κ1) is 27.6. The first-order chi connectivity index (χ1) is 17.0. The van der Waals surface area contributed by atoms with Crippen molar-refractivity contribution in [1.29, 1.82) is 0 Å². The van der Waals surface area contributed by atoms with Crippen LogP contribution in [0.2, 0.25) is 0 Å². The number of carbonyl (C=O) groups excluding carboxylic acids is 5. The summed E-state index contributed by atoms with van der Waals surface area (Å²) in [4.78, 5) is 61.3. The van der Waals surface area contributed by atoms with Crippen molar-refractivity contribution < 1.29 is 52.4 Å². The maximum atomic E-state index is 13.2. The van der Waals surface area contributed by atoms with E-state index in [0.717, 1.165) is 5.57 Å². The second-order valence-electron chi connectivity index (χ2n) is 9.05. The van der Waals surface area contributed by atoms with Crippen molar-refractivity contribution in [3.05, 3.63) is 11.3 Å². The van der Waals surface area contributed by atoms with Gasteiger partial charge in [-0.25, -0.2) is 0 Å². The van der Waals surface area contributed by atoms with E-state index in [1.165, 1.54) is 27.7 Å². The predicted octanol–water partition coefficient (Wildman–Crippen LogP) is 0.797. The first-order valence-corrected chi connectivity index (χ1v) is 11.9. The van der Waals surface area contributed by atoms with Crippen LogP contribution in [0.1, 0.15) is 53.9 Å². The van der Waals surface area contributed by atoms with E-state index in [1.807, 2.05) is 0 Å². The Balaban J connectivity index is 1.75. The quantitative estimate of drug-likeness (QED) is 0.284. The molecule has 6 atom stereocenters. The van der Waals surface area contributed by atoms with E-state index in [9.17, 15) is 24.0 Å². The molecule has 0 saturated carbocycles. The molecule has 3 fully saturated rings. The van der Waals surface area contributed by atoms with Crippen LogP contribution in [0.15, 0.2) is 11.3 Å². The van der Waals surface area contributed by atoms with Gasteiger partial charge >= 0.3 is 17.9 Å². The summed E-state index contributed by atoms with van der Waals surface area (Å²) < 4.78 is 33.5. The van der Waals surface area contributed by atoms with Crippen molar-refractivity contribution in [2.75, 3.05) is 19.7 Å². The zero-order valence-corrected chi connectivity index (χ0v) is 21.1. The van der Waals surface area contributed by atoms with Crippen molar-refractivity contribution in [2.45, 2.75) is 90.7 Å². The van der Waals surface area contributed by atoms with E-state index >= 15 is 0 Å². The molecule has 0 N–H and O–H groups in total. The molecule has 0 aromatic rings. The van der Waals surface area contributed by atoms with Gasteiger partial charge in [-0.15, -0.1) is 0 Å². The lowest BCUT2D eigenvalue weighted by Crippen LogP contribution is -2.55. The van der Waals surface area contributed by atoms with E-state index < -0.39 is 54.7 Å². The minimum absolute atomic E-state index is 0.0144. The number of likely N-dealkylation sites (tertiary alicyclic amines) is 1. The fourth-order valence-electron chi connectivity index (χ4n) is 4.54. The third kappa shape index (κ3) is 6.82. The highest BCUT2D eigenvalue weighted by Crippen LogP contribution is 2.33. The van der Waals surface area contributed by atoms with Crippen molar-refractivity contribution in [1.82, 2.24) is 4.90 Å². The Bertz CT molecular complexity index is 919. The van der Waals surface area contributed by atoms with Crippen LogP contribution in [0, 0.1) is 0 Å². The maximum Gasteiger partial charge on any atom is 0.303 e. The highest BCUT2D eigenvalue weighted by molar-refractivity contribution is 6.00. The van der Waals surface area contributed by atoms with E-state index in [1.54, 1.807) is 11.8 Å². The number of piperidine rings is 1. The number of hydrogen-bond donors (Lipinski definition) is 0. The largest absolute Gasteiger partial charge is 0.484 e.